The Hall–Kier alpha value is -1.23. The minimum atomic E-state index is -0.830. The molecule has 0 aliphatic carbocycles. The Kier molecular flexibility index (Phi) is 4.91. The first-order chi connectivity index (χ1) is 9.51. The number of aliphatic hydroxyl groups is 1. The maximum Gasteiger partial charge on any atom is 0.123 e. The van der Waals surface area contributed by atoms with E-state index in [2.05, 4.69) is 15.9 Å². The SMILES string of the molecule is Cc1cc(F)cc(C(O)C(CN)c2cccc(Br)c2)c1. The van der Waals surface area contributed by atoms with Gasteiger partial charge in [0.15, 0.2) is 0 Å². The lowest BCUT2D eigenvalue weighted by molar-refractivity contribution is 0.147. The van der Waals surface area contributed by atoms with Crippen LogP contribution >= 0.6 is 15.9 Å². The number of benzene rings is 2. The maximum atomic E-state index is 13.5. The van der Waals surface area contributed by atoms with Crippen LogP contribution in [0.1, 0.15) is 28.7 Å². The van der Waals surface area contributed by atoms with Gasteiger partial charge in [-0.1, -0.05) is 34.1 Å². The van der Waals surface area contributed by atoms with Crippen molar-refractivity contribution >= 4 is 15.9 Å². The number of rotatable bonds is 4. The van der Waals surface area contributed by atoms with Crippen molar-refractivity contribution in [2.24, 2.45) is 5.73 Å². The fraction of sp³-hybridized carbons (Fsp3) is 0.250. The van der Waals surface area contributed by atoms with E-state index < -0.39 is 6.10 Å². The van der Waals surface area contributed by atoms with Gasteiger partial charge in [-0.05, 0) is 47.9 Å². The molecule has 106 valence electrons. The summed E-state index contributed by atoms with van der Waals surface area (Å²) < 4.78 is 14.4. The number of hydrogen-bond donors (Lipinski definition) is 2. The molecule has 2 unspecified atom stereocenters. The summed E-state index contributed by atoms with van der Waals surface area (Å²) in [6.45, 7) is 2.09. The van der Waals surface area contributed by atoms with Crippen LogP contribution in [0.5, 0.6) is 0 Å². The summed E-state index contributed by atoms with van der Waals surface area (Å²) in [6, 6.07) is 12.2. The third kappa shape index (κ3) is 3.45. The van der Waals surface area contributed by atoms with Crippen molar-refractivity contribution in [1.29, 1.82) is 0 Å². The second-order valence-corrected chi connectivity index (χ2v) is 5.82. The molecule has 0 radical (unpaired) electrons. The highest BCUT2D eigenvalue weighted by atomic mass is 79.9. The zero-order valence-electron chi connectivity index (χ0n) is 11.2. The molecule has 0 heterocycles. The first-order valence-electron chi connectivity index (χ1n) is 6.42. The molecule has 2 nitrogen and oxygen atoms in total. The predicted molar refractivity (Wildman–Crippen MR) is 82.0 cm³/mol. The fourth-order valence-electron chi connectivity index (χ4n) is 2.35. The minimum Gasteiger partial charge on any atom is -0.388 e. The molecule has 3 N–H and O–H groups in total. The summed E-state index contributed by atoms with van der Waals surface area (Å²) >= 11 is 3.41. The molecule has 2 atom stereocenters. The van der Waals surface area contributed by atoms with Crippen molar-refractivity contribution in [3.05, 3.63) is 69.4 Å². The number of nitrogens with two attached hydrogens (primary N) is 1. The Morgan fingerprint density at radius 3 is 2.55 bits per heavy atom. The number of aliphatic hydroxyl groups excluding tert-OH is 1. The summed E-state index contributed by atoms with van der Waals surface area (Å²) in [5.74, 6) is -0.613. The van der Waals surface area contributed by atoms with Gasteiger partial charge in [-0.25, -0.2) is 4.39 Å². The topological polar surface area (TPSA) is 46.2 Å². The van der Waals surface area contributed by atoms with Gasteiger partial charge in [-0.2, -0.15) is 0 Å². The highest BCUT2D eigenvalue weighted by Gasteiger charge is 2.22. The molecule has 20 heavy (non-hydrogen) atoms. The summed E-state index contributed by atoms with van der Waals surface area (Å²) in [6.07, 6.45) is -0.830. The van der Waals surface area contributed by atoms with E-state index in [9.17, 15) is 9.50 Å². The lowest BCUT2D eigenvalue weighted by Gasteiger charge is -2.23. The highest BCUT2D eigenvalue weighted by Crippen LogP contribution is 2.32. The number of hydrogen-bond acceptors (Lipinski definition) is 2. The van der Waals surface area contributed by atoms with Crippen LogP contribution in [0, 0.1) is 12.7 Å². The molecule has 0 saturated heterocycles. The van der Waals surface area contributed by atoms with Gasteiger partial charge in [0.25, 0.3) is 0 Å². The molecule has 4 heteroatoms. The van der Waals surface area contributed by atoms with Crippen molar-refractivity contribution in [1.82, 2.24) is 0 Å². The van der Waals surface area contributed by atoms with Gasteiger partial charge >= 0.3 is 0 Å². The van der Waals surface area contributed by atoms with E-state index in [-0.39, 0.29) is 18.3 Å². The summed E-state index contributed by atoms with van der Waals surface area (Å²) in [7, 11) is 0. The van der Waals surface area contributed by atoms with E-state index in [4.69, 9.17) is 5.73 Å². The average Bonchev–Trinajstić information content (AvgIpc) is 2.38. The molecule has 0 saturated carbocycles. The first-order valence-corrected chi connectivity index (χ1v) is 7.21. The molecule has 2 aromatic rings. The van der Waals surface area contributed by atoms with Crippen LogP contribution in [0.4, 0.5) is 4.39 Å². The van der Waals surface area contributed by atoms with Crippen LogP contribution in [0.3, 0.4) is 0 Å². The number of halogens is 2. The molecule has 0 bridgehead atoms. The third-order valence-electron chi connectivity index (χ3n) is 3.32. The van der Waals surface area contributed by atoms with Crippen molar-refractivity contribution in [2.45, 2.75) is 18.9 Å². The second kappa shape index (κ2) is 6.48. The van der Waals surface area contributed by atoms with E-state index in [1.165, 1.54) is 12.1 Å². The molecule has 2 rings (SSSR count). The van der Waals surface area contributed by atoms with Gasteiger partial charge in [0.05, 0.1) is 6.10 Å². The summed E-state index contributed by atoms with van der Waals surface area (Å²) in [5, 5.41) is 10.5. The quantitative estimate of drug-likeness (QED) is 0.893. The normalized spacial score (nSPS) is 14.1. The maximum absolute atomic E-state index is 13.5. The van der Waals surface area contributed by atoms with Gasteiger partial charge in [0.1, 0.15) is 5.82 Å². The lowest BCUT2D eigenvalue weighted by Crippen LogP contribution is -2.20. The molecule has 0 aromatic heterocycles. The third-order valence-corrected chi connectivity index (χ3v) is 3.81. The Labute approximate surface area is 126 Å². The molecule has 0 spiro atoms. The molecule has 0 aliphatic heterocycles. The van der Waals surface area contributed by atoms with Crippen LogP contribution in [0.15, 0.2) is 46.9 Å². The zero-order chi connectivity index (χ0) is 14.7. The predicted octanol–water partition coefficient (Wildman–Crippen LogP) is 3.67. The molecule has 0 amide bonds. The van der Waals surface area contributed by atoms with E-state index in [1.54, 1.807) is 13.0 Å². The van der Waals surface area contributed by atoms with Gasteiger partial charge < -0.3 is 10.8 Å². The molecule has 0 fully saturated rings. The highest BCUT2D eigenvalue weighted by molar-refractivity contribution is 9.10. The van der Waals surface area contributed by atoms with Crippen molar-refractivity contribution < 1.29 is 9.50 Å². The Morgan fingerprint density at radius 2 is 1.95 bits per heavy atom. The van der Waals surface area contributed by atoms with Gasteiger partial charge in [0.2, 0.25) is 0 Å². The lowest BCUT2D eigenvalue weighted by atomic mass is 9.88. The molecule has 2 aromatic carbocycles. The van der Waals surface area contributed by atoms with E-state index in [0.717, 1.165) is 15.6 Å². The monoisotopic (exact) mass is 337 g/mol. The van der Waals surface area contributed by atoms with Crippen molar-refractivity contribution in [3.8, 4) is 0 Å². The first kappa shape index (κ1) is 15.2. The Balaban J connectivity index is 2.35. The summed E-state index contributed by atoms with van der Waals surface area (Å²) in [4.78, 5) is 0. The van der Waals surface area contributed by atoms with Crippen LogP contribution in [0.2, 0.25) is 0 Å². The van der Waals surface area contributed by atoms with Crippen LogP contribution in [-0.2, 0) is 0 Å². The van der Waals surface area contributed by atoms with Crippen LogP contribution < -0.4 is 5.73 Å². The van der Waals surface area contributed by atoms with Crippen molar-refractivity contribution in [3.63, 3.8) is 0 Å². The number of aryl methyl sites for hydroxylation is 1. The minimum absolute atomic E-state index is 0.270. The second-order valence-electron chi connectivity index (χ2n) is 4.90. The van der Waals surface area contributed by atoms with Gasteiger partial charge in [-0.15, -0.1) is 0 Å². The van der Waals surface area contributed by atoms with E-state index >= 15 is 0 Å². The fourth-order valence-corrected chi connectivity index (χ4v) is 2.77. The molecule has 0 aliphatic rings. The zero-order valence-corrected chi connectivity index (χ0v) is 12.8. The van der Waals surface area contributed by atoms with Crippen LogP contribution in [0.25, 0.3) is 0 Å². The summed E-state index contributed by atoms with van der Waals surface area (Å²) in [5.41, 5.74) is 8.06. The van der Waals surface area contributed by atoms with Gasteiger partial charge in [0, 0.05) is 16.9 Å². The van der Waals surface area contributed by atoms with E-state index in [1.807, 2.05) is 24.3 Å². The van der Waals surface area contributed by atoms with Crippen LogP contribution in [-0.4, -0.2) is 11.7 Å². The van der Waals surface area contributed by atoms with Crippen molar-refractivity contribution in [2.75, 3.05) is 6.54 Å². The standard InChI is InChI=1S/C16H17BrFNO/c1-10-5-12(8-14(18)6-10)16(20)15(9-19)11-3-2-4-13(17)7-11/h2-8,15-16,20H,9,19H2,1H3. The van der Waals surface area contributed by atoms with Gasteiger partial charge in [-0.3, -0.25) is 0 Å². The average molecular weight is 338 g/mol. The Bertz CT molecular complexity index is 583. The Morgan fingerprint density at radius 1 is 1.20 bits per heavy atom. The molecular weight excluding hydrogens is 321 g/mol. The molecular formula is C16H17BrFNO. The smallest absolute Gasteiger partial charge is 0.123 e. The largest absolute Gasteiger partial charge is 0.388 e. The van der Waals surface area contributed by atoms with E-state index in [0.29, 0.717) is 5.56 Å².